The summed E-state index contributed by atoms with van der Waals surface area (Å²) in [6, 6.07) is 11.9. The fourth-order valence-corrected chi connectivity index (χ4v) is 4.24. The predicted octanol–water partition coefficient (Wildman–Crippen LogP) is 4.30. The molecule has 3 heterocycles. The number of hydrogen-bond acceptors (Lipinski definition) is 4. The van der Waals surface area contributed by atoms with E-state index in [1.807, 2.05) is 34.3 Å². The molecule has 27 heavy (non-hydrogen) atoms. The summed E-state index contributed by atoms with van der Waals surface area (Å²) in [6.07, 6.45) is 4.26. The number of thiophene rings is 1. The van der Waals surface area contributed by atoms with Gasteiger partial charge in [0.15, 0.2) is 5.82 Å². The molecule has 1 saturated heterocycles. The average Bonchev–Trinajstić information content (AvgIpc) is 3.33. The minimum Gasteiger partial charge on any atom is -0.306 e. The monoisotopic (exact) mass is 380 g/mol. The molecule has 4 rings (SSSR count). The first kappa shape index (κ1) is 17.9. The van der Waals surface area contributed by atoms with E-state index in [-0.39, 0.29) is 5.91 Å². The van der Waals surface area contributed by atoms with Crippen LogP contribution in [0.2, 0.25) is 0 Å². The summed E-state index contributed by atoms with van der Waals surface area (Å²) in [4.78, 5) is 15.7. The normalized spacial score (nSPS) is 15.8. The summed E-state index contributed by atoms with van der Waals surface area (Å²) in [7, 11) is 2.16. The Bertz CT molecular complexity index is 924. The van der Waals surface area contributed by atoms with Gasteiger partial charge in [-0.2, -0.15) is 0 Å². The quantitative estimate of drug-likeness (QED) is 0.734. The zero-order valence-electron chi connectivity index (χ0n) is 15.7. The van der Waals surface area contributed by atoms with Crippen LogP contribution in [0.3, 0.4) is 0 Å². The van der Waals surface area contributed by atoms with Gasteiger partial charge in [0.2, 0.25) is 0 Å². The third-order valence-electron chi connectivity index (χ3n) is 5.24. The van der Waals surface area contributed by atoms with Gasteiger partial charge in [-0.15, -0.1) is 16.4 Å². The van der Waals surface area contributed by atoms with Crippen LogP contribution >= 0.6 is 11.3 Å². The molecule has 1 N–H and O–H groups in total. The number of amides is 1. The molecule has 1 aliphatic rings. The van der Waals surface area contributed by atoms with Crippen molar-refractivity contribution in [1.29, 1.82) is 0 Å². The van der Waals surface area contributed by atoms with Crippen molar-refractivity contribution in [2.75, 3.05) is 25.5 Å². The highest BCUT2D eigenvalue weighted by Crippen LogP contribution is 2.33. The number of aryl methyl sites for hydroxylation is 1. The Morgan fingerprint density at radius 3 is 2.67 bits per heavy atom. The first-order valence-electron chi connectivity index (χ1n) is 9.31. The standard InChI is InChI=1S/C21H24N4OS/c1-15-6-3-4-7-18(15)25-14-17(16-9-11-24(2)12-10-16)20(23-25)22-21(26)19-8-5-13-27-19/h3-8,13-14,16H,9-12H2,1-2H3,(H,22,23,26). The van der Waals surface area contributed by atoms with Gasteiger partial charge in [0.05, 0.1) is 10.6 Å². The number of nitrogens with zero attached hydrogens (tertiary/aromatic N) is 3. The molecule has 0 atom stereocenters. The molecule has 1 aliphatic heterocycles. The smallest absolute Gasteiger partial charge is 0.266 e. The number of piperidine rings is 1. The molecule has 140 valence electrons. The van der Waals surface area contributed by atoms with Gasteiger partial charge in [0.1, 0.15) is 0 Å². The van der Waals surface area contributed by atoms with Crippen LogP contribution in [-0.4, -0.2) is 40.7 Å². The zero-order valence-corrected chi connectivity index (χ0v) is 16.5. The van der Waals surface area contributed by atoms with E-state index in [9.17, 15) is 4.79 Å². The van der Waals surface area contributed by atoms with Gasteiger partial charge in [0.25, 0.3) is 5.91 Å². The number of hydrogen-bond donors (Lipinski definition) is 1. The van der Waals surface area contributed by atoms with Crippen molar-refractivity contribution in [1.82, 2.24) is 14.7 Å². The Morgan fingerprint density at radius 2 is 1.96 bits per heavy atom. The summed E-state index contributed by atoms with van der Waals surface area (Å²) in [6.45, 7) is 4.22. The van der Waals surface area contributed by atoms with E-state index in [1.54, 1.807) is 0 Å². The molecule has 0 aliphatic carbocycles. The van der Waals surface area contributed by atoms with Gasteiger partial charge in [0, 0.05) is 11.8 Å². The lowest BCUT2D eigenvalue weighted by Gasteiger charge is -2.28. The number of benzene rings is 1. The summed E-state index contributed by atoms with van der Waals surface area (Å²) in [5.41, 5.74) is 3.34. The van der Waals surface area contributed by atoms with Crippen LogP contribution in [0.25, 0.3) is 5.69 Å². The molecule has 1 fully saturated rings. The maximum Gasteiger partial charge on any atom is 0.266 e. The van der Waals surface area contributed by atoms with Gasteiger partial charge in [-0.1, -0.05) is 24.3 Å². The second-order valence-corrected chi connectivity index (χ2v) is 8.12. The van der Waals surface area contributed by atoms with Crippen molar-refractivity contribution < 1.29 is 4.79 Å². The van der Waals surface area contributed by atoms with Crippen molar-refractivity contribution in [2.45, 2.75) is 25.7 Å². The number of para-hydroxylation sites is 1. The molecule has 0 radical (unpaired) electrons. The molecule has 1 aromatic carbocycles. The van der Waals surface area contributed by atoms with Crippen molar-refractivity contribution in [3.05, 3.63) is 64.0 Å². The maximum atomic E-state index is 12.6. The molecule has 6 heteroatoms. The molecule has 0 unspecified atom stereocenters. The minimum absolute atomic E-state index is 0.0887. The lowest BCUT2D eigenvalue weighted by atomic mass is 9.91. The first-order chi connectivity index (χ1) is 13.1. The zero-order chi connectivity index (χ0) is 18.8. The second kappa shape index (κ2) is 7.66. The second-order valence-electron chi connectivity index (χ2n) is 7.17. The van der Waals surface area contributed by atoms with Crippen molar-refractivity contribution in [3.63, 3.8) is 0 Å². The predicted molar refractivity (Wildman–Crippen MR) is 110 cm³/mol. The lowest BCUT2D eigenvalue weighted by Crippen LogP contribution is -2.29. The molecule has 5 nitrogen and oxygen atoms in total. The number of carbonyl (C=O) groups excluding carboxylic acids is 1. The Balaban J connectivity index is 1.69. The summed E-state index contributed by atoms with van der Waals surface area (Å²) < 4.78 is 1.91. The first-order valence-corrected chi connectivity index (χ1v) is 10.2. The van der Waals surface area contributed by atoms with Crippen molar-refractivity contribution in [2.24, 2.45) is 0 Å². The van der Waals surface area contributed by atoms with Gasteiger partial charge < -0.3 is 10.2 Å². The van der Waals surface area contributed by atoms with Crippen LogP contribution in [0.1, 0.15) is 39.6 Å². The largest absolute Gasteiger partial charge is 0.306 e. The Hall–Kier alpha value is -2.44. The highest BCUT2D eigenvalue weighted by Gasteiger charge is 2.25. The molecular formula is C21H24N4OS. The lowest BCUT2D eigenvalue weighted by molar-refractivity contribution is 0.103. The van der Waals surface area contributed by atoms with Crippen LogP contribution in [0.15, 0.2) is 48.0 Å². The summed E-state index contributed by atoms with van der Waals surface area (Å²) in [5.74, 6) is 1.01. The molecule has 0 bridgehead atoms. The molecule has 0 saturated carbocycles. The number of nitrogens with one attached hydrogen (secondary N) is 1. The van der Waals surface area contributed by atoms with E-state index in [1.165, 1.54) is 11.3 Å². The number of carbonyl (C=O) groups is 1. The SMILES string of the molecule is Cc1ccccc1-n1cc(C2CCN(C)CC2)c(NC(=O)c2cccs2)n1. The van der Waals surface area contributed by atoms with Crippen LogP contribution < -0.4 is 5.32 Å². The topological polar surface area (TPSA) is 50.2 Å². The van der Waals surface area contributed by atoms with E-state index in [4.69, 9.17) is 5.10 Å². The number of likely N-dealkylation sites (tertiary alicyclic amines) is 1. The van der Waals surface area contributed by atoms with Crippen LogP contribution in [0.4, 0.5) is 5.82 Å². The molecule has 3 aromatic rings. The van der Waals surface area contributed by atoms with Crippen LogP contribution in [-0.2, 0) is 0 Å². The number of rotatable bonds is 4. The summed E-state index contributed by atoms with van der Waals surface area (Å²) >= 11 is 1.44. The number of anilines is 1. The number of aromatic nitrogens is 2. The average molecular weight is 381 g/mol. The van der Waals surface area contributed by atoms with Crippen molar-refractivity contribution in [3.8, 4) is 5.69 Å². The highest BCUT2D eigenvalue weighted by molar-refractivity contribution is 7.12. The van der Waals surface area contributed by atoms with Crippen LogP contribution in [0.5, 0.6) is 0 Å². The Morgan fingerprint density at radius 1 is 1.19 bits per heavy atom. The van der Waals surface area contributed by atoms with E-state index < -0.39 is 0 Å². The van der Waals surface area contributed by atoms with Crippen molar-refractivity contribution >= 4 is 23.1 Å². The molecule has 0 spiro atoms. The molecule has 2 aromatic heterocycles. The molecule has 1 amide bonds. The third-order valence-corrected chi connectivity index (χ3v) is 6.11. The van der Waals surface area contributed by atoms with E-state index in [0.717, 1.165) is 42.7 Å². The fraction of sp³-hybridized carbons (Fsp3) is 0.333. The molecular weight excluding hydrogens is 356 g/mol. The van der Waals surface area contributed by atoms with E-state index in [2.05, 4.69) is 42.5 Å². The Kier molecular flexibility index (Phi) is 5.09. The van der Waals surface area contributed by atoms with Gasteiger partial charge in [-0.05, 0) is 68.9 Å². The minimum atomic E-state index is -0.0887. The van der Waals surface area contributed by atoms with Gasteiger partial charge >= 0.3 is 0 Å². The maximum absolute atomic E-state index is 12.6. The van der Waals surface area contributed by atoms with E-state index in [0.29, 0.717) is 16.6 Å². The van der Waals surface area contributed by atoms with Gasteiger partial charge in [-0.3, -0.25) is 4.79 Å². The van der Waals surface area contributed by atoms with Crippen LogP contribution in [0, 0.1) is 6.92 Å². The highest BCUT2D eigenvalue weighted by atomic mass is 32.1. The summed E-state index contributed by atoms with van der Waals surface area (Å²) in [5, 5.41) is 9.73. The third kappa shape index (κ3) is 3.82. The van der Waals surface area contributed by atoms with Gasteiger partial charge in [-0.25, -0.2) is 4.68 Å². The fourth-order valence-electron chi connectivity index (χ4n) is 3.62. The van der Waals surface area contributed by atoms with E-state index >= 15 is 0 Å². The Labute approximate surface area is 163 Å².